The summed E-state index contributed by atoms with van der Waals surface area (Å²) < 4.78 is 3.30. The van der Waals surface area contributed by atoms with Gasteiger partial charge in [0.1, 0.15) is 0 Å². The number of aromatic nitrogens is 2. The van der Waals surface area contributed by atoms with Crippen LogP contribution < -0.4 is 0 Å². The average molecular weight is 395 g/mol. The molecule has 0 aliphatic carbocycles. The van der Waals surface area contributed by atoms with E-state index in [0.717, 1.165) is 42.8 Å². The number of para-hydroxylation sites is 1. The predicted molar refractivity (Wildman–Crippen MR) is 106 cm³/mol. The summed E-state index contributed by atoms with van der Waals surface area (Å²) in [6.07, 6.45) is 0. The summed E-state index contributed by atoms with van der Waals surface area (Å²) >= 11 is 8.38. The van der Waals surface area contributed by atoms with Crippen molar-refractivity contribution in [2.45, 2.75) is 23.4 Å². The van der Waals surface area contributed by atoms with E-state index in [1.54, 1.807) is 4.68 Å². The Balaban J connectivity index is 1.64. The molecule has 3 rings (SSSR count). The third-order valence-corrected chi connectivity index (χ3v) is 6.69. The Morgan fingerprint density at radius 2 is 1.96 bits per heavy atom. The van der Waals surface area contributed by atoms with Crippen LogP contribution in [0.4, 0.5) is 0 Å². The smallest absolute Gasteiger partial charge is 0.235 e. The van der Waals surface area contributed by atoms with E-state index in [1.807, 2.05) is 42.2 Å². The minimum atomic E-state index is -0.155. The molecule has 0 radical (unpaired) electrons. The molecule has 1 saturated heterocycles. The number of amides is 1. The van der Waals surface area contributed by atoms with Crippen molar-refractivity contribution >= 4 is 41.2 Å². The number of benzene rings is 1. The van der Waals surface area contributed by atoms with Crippen molar-refractivity contribution in [1.29, 1.82) is 0 Å². The zero-order chi connectivity index (χ0) is 17.8. The van der Waals surface area contributed by atoms with E-state index in [9.17, 15) is 4.79 Å². The van der Waals surface area contributed by atoms with Crippen LogP contribution in [0.2, 0.25) is 0 Å². The van der Waals surface area contributed by atoms with Crippen molar-refractivity contribution in [2.24, 2.45) is 0 Å². The van der Waals surface area contributed by atoms with Gasteiger partial charge < -0.3 is 9.80 Å². The average Bonchev–Trinajstić information content (AvgIpc) is 3.02. The number of rotatable bonds is 5. The summed E-state index contributed by atoms with van der Waals surface area (Å²) in [5.74, 6) is 0.188. The summed E-state index contributed by atoms with van der Waals surface area (Å²) in [4.78, 5) is 17.0. The Morgan fingerprint density at radius 3 is 2.60 bits per heavy atom. The quantitative estimate of drug-likeness (QED) is 0.575. The monoisotopic (exact) mass is 394 g/mol. The lowest BCUT2D eigenvalue weighted by atomic mass is 10.3. The maximum absolute atomic E-state index is 12.7. The van der Waals surface area contributed by atoms with Crippen LogP contribution in [0, 0.1) is 3.95 Å². The van der Waals surface area contributed by atoms with E-state index < -0.39 is 0 Å². The molecule has 1 aromatic carbocycles. The van der Waals surface area contributed by atoms with Gasteiger partial charge in [-0.05, 0) is 37.8 Å². The minimum absolute atomic E-state index is 0.155. The van der Waals surface area contributed by atoms with Gasteiger partial charge in [-0.15, -0.1) is 5.10 Å². The maximum Gasteiger partial charge on any atom is 0.235 e. The largest absolute Gasteiger partial charge is 0.339 e. The normalized spacial score (nSPS) is 16.8. The summed E-state index contributed by atoms with van der Waals surface area (Å²) in [5.41, 5.74) is 0.949. The molecule has 2 aromatic rings. The fourth-order valence-electron chi connectivity index (χ4n) is 2.78. The van der Waals surface area contributed by atoms with Gasteiger partial charge in [0.05, 0.1) is 10.9 Å². The van der Waals surface area contributed by atoms with Gasteiger partial charge in [-0.3, -0.25) is 4.79 Å². The van der Waals surface area contributed by atoms with E-state index in [-0.39, 0.29) is 11.2 Å². The first-order valence-corrected chi connectivity index (χ1v) is 10.5. The van der Waals surface area contributed by atoms with Crippen LogP contribution >= 0.6 is 35.3 Å². The number of hydrogen-bond donors (Lipinski definition) is 0. The van der Waals surface area contributed by atoms with Gasteiger partial charge >= 0.3 is 0 Å². The topological polar surface area (TPSA) is 41.4 Å². The number of nitrogens with zero attached hydrogens (tertiary/aromatic N) is 4. The van der Waals surface area contributed by atoms with Gasteiger partial charge in [-0.2, -0.15) is 0 Å². The second kappa shape index (κ2) is 8.44. The maximum atomic E-state index is 12.7. The molecule has 0 N–H and O–H groups in total. The molecule has 1 unspecified atom stereocenters. The molecule has 0 saturated carbocycles. The summed E-state index contributed by atoms with van der Waals surface area (Å²) in [6, 6.07) is 9.85. The van der Waals surface area contributed by atoms with Crippen molar-refractivity contribution in [3.8, 4) is 5.69 Å². The molecule has 5 nitrogen and oxygen atoms in total. The Morgan fingerprint density at radius 1 is 1.28 bits per heavy atom. The standard InChI is InChI=1S/C17H22N4OS3/c1-3-19-9-11-20(12-10-19)15(22)13(2)24-16-18-21(17(23)25-16)14-7-5-4-6-8-14/h4-8,13H,3,9-12H2,1-2H3. The zero-order valence-electron chi connectivity index (χ0n) is 14.4. The van der Waals surface area contributed by atoms with Crippen LogP contribution in [0.15, 0.2) is 34.7 Å². The minimum Gasteiger partial charge on any atom is -0.339 e. The Bertz CT molecular complexity index is 766. The van der Waals surface area contributed by atoms with Crippen molar-refractivity contribution < 1.29 is 4.79 Å². The van der Waals surface area contributed by atoms with Crippen LogP contribution in [0.3, 0.4) is 0 Å². The first-order valence-electron chi connectivity index (χ1n) is 8.42. The van der Waals surface area contributed by atoms with Crippen molar-refractivity contribution in [3.05, 3.63) is 34.3 Å². The molecule has 25 heavy (non-hydrogen) atoms. The second-order valence-electron chi connectivity index (χ2n) is 5.90. The molecule has 1 aromatic heterocycles. The van der Waals surface area contributed by atoms with E-state index in [4.69, 9.17) is 12.2 Å². The molecular weight excluding hydrogens is 372 g/mol. The first kappa shape index (κ1) is 18.6. The number of thioether (sulfide) groups is 1. The lowest BCUT2D eigenvalue weighted by Gasteiger charge is -2.35. The van der Waals surface area contributed by atoms with Gasteiger partial charge in [-0.25, -0.2) is 4.68 Å². The highest BCUT2D eigenvalue weighted by Gasteiger charge is 2.26. The van der Waals surface area contributed by atoms with E-state index >= 15 is 0 Å². The SMILES string of the molecule is CCN1CCN(C(=O)C(C)Sc2nn(-c3ccccc3)c(=S)s2)CC1. The zero-order valence-corrected chi connectivity index (χ0v) is 16.9. The summed E-state index contributed by atoms with van der Waals surface area (Å²) in [7, 11) is 0. The van der Waals surface area contributed by atoms with E-state index in [2.05, 4.69) is 16.9 Å². The van der Waals surface area contributed by atoms with Gasteiger partial charge in [0, 0.05) is 26.2 Å². The van der Waals surface area contributed by atoms with Gasteiger partial charge in [0.15, 0.2) is 8.29 Å². The molecule has 2 heterocycles. The highest BCUT2D eigenvalue weighted by Crippen LogP contribution is 2.28. The molecule has 1 atom stereocenters. The van der Waals surface area contributed by atoms with Crippen LogP contribution in [-0.2, 0) is 4.79 Å². The van der Waals surface area contributed by atoms with Crippen molar-refractivity contribution in [3.63, 3.8) is 0 Å². The van der Waals surface area contributed by atoms with Gasteiger partial charge in [0.2, 0.25) is 5.91 Å². The fourth-order valence-corrected chi connectivity index (χ4v) is 5.37. The second-order valence-corrected chi connectivity index (χ2v) is 9.11. The number of carbonyl (C=O) groups is 1. The third kappa shape index (κ3) is 4.49. The summed E-state index contributed by atoms with van der Waals surface area (Å²) in [6.45, 7) is 8.70. The first-order chi connectivity index (χ1) is 12.1. The van der Waals surface area contributed by atoms with Crippen molar-refractivity contribution in [2.75, 3.05) is 32.7 Å². The van der Waals surface area contributed by atoms with Crippen LogP contribution in [0.1, 0.15) is 13.8 Å². The highest BCUT2D eigenvalue weighted by molar-refractivity contribution is 8.02. The lowest BCUT2D eigenvalue weighted by molar-refractivity contribution is -0.132. The molecule has 1 aliphatic rings. The molecule has 1 aliphatic heterocycles. The van der Waals surface area contributed by atoms with Crippen LogP contribution in [-0.4, -0.2) is 63.5 Å². The van der Waals surface area contributed by atoms with Gasteiger partial charge in [-0.1, -0.05) is 48.2 Å². The predicted octanol–water partition coefficient (Wildman–Crippen LogP) is 3.31. The Hall–Kier alpha value is -1.22. The Kier molecular flexibility index (Phi) is 6.27. The summed E-state index contributed by atoms with van der Waals surface area (Å²) in [5, 5.41) is 4.43. The molecule has 8 heteroatoms. The molecule has 0 bridgehead atoms. The fraction of sp³-hybridized carbons (Fsp3) is 0.471. The third-order valence-electron chi connectivity index (χ3n) is 4.29. The molecular formula is C17H22N4OS3. The van der Waals surface area contributed by atoms with E-state index in [0.29, 0.717) is 3.95 Å². The van der Waals surface area contributed by atoms with Crippen LogP contribution in [0.25, 0.3) is 5.69 Å². The Labute approximate surface area is 161 Å². The molecule has 134 valence electrons. The molecule has 0 spiro atoms. The van der Waals surface area contributed by atoms with E-state index in [1.165, 1.54) is 23.1 Å². The number of likely N-dealkylation sites (N-methyl/N-ethyl adjacent to an activating group) is 1. The van der Waals surface area contributed by atoms with Crippen LogP contribution in [0.5, 0.6) is 0 Å². The van der Waals surface area contributed by atoms with Crippen molar-refractivity contribution in [1.82, 2.24) is 19.6 Å². The molecule has 1 fully saturated rings. The lowest BCUT2D eigenvalue weighted by Crippen LogP contribution is -2.50. The number of hydrogen-bond acceptors (Lipinski definition) is 6. The number of piperazine rings is 1. The molecule has 1 amide bonds. The van der Waals surface area contributed by atoms with Gasteiger partial charge in [0.25, 0.3) is 0 Å². The highest BCUT2D eigenvalue weighted by atomic mass is 32.2. The number of carbonyl (C=O) groups excluding carboxylic acids is 1.